The monoisotopic (exact) mass is 322 g/mol. The number of carbonyl (C=O) groups excluding carboxylic acids is 1. The molecule has 0 spiro atoms. The molecule has 4 aliphatic rings. The molecule has 1 atom stereocenters. The third-order valence-electron chi connectivity index (χ3n) is 4.97. The number of hydrogen-bond acceptors (Lipinski definition) is 2. The third kappa shape index (κ3) is 4.78. The molecule has 126 valence electrons. The average molecular weight is 322 g/mol. The average Bonchev–Trinajstić information content (AvgIpc) is 2.62. The summed E-state index contributed by atoms with van der Waals surface area (Å²) < 4.78 is 0. The van der Waals surface area contributed by atoms with E-state index in [1.165, 1.54) is 35.1 Å². The van der Waals surface area contributed by atoms with Crippen LogP contribution in [0.25, 0.3) is 0 Å². The minimum atomic E-state index is -0.845. The molecule has 2 nitrogen and oxygen atoms in total. The van der Waals surface area contributed by atoms with Crippen LogP contribution in [-0.2, 0) is 30.5 Å². The maximum atomic E-state index is 12.1. The van der Waals surface area contributed by atoms with E-state index in [2.05, 4.69) is 48.5 Å². The summed E-state index contributed by atoms with van der Waals surface area (Å²) in [7, 11) is 0. The Kier molecular flexibility index (Phi) is 5.81. The predicted octanol–water partition coefficient (Wildman–Crippen LogP) is 4.06. The van der Waals surface area contributed by atoms with Crippen LogP contribution in [0.4, 0.5) is 0 Å². The van der Waals surface area contributed by atoms with Crippen molar-refractivity contribution in [1.29, 1.82) is 0 Å². The zero-order chi connectivity index (χ0) is 16.8. The van der Waals surface area contributed by atoms with Crippen LogP contribution in [0.15, 0.2) is 48.5 Å². The molecule has 1 unspecified atom stereocenters. The van der Waals surface area contributed by atoms with Crippen molar-refractivity contribution >= 4 is 5.78 Å². The zero-order valence-corrected chi connectivity index (χ0v) is 14.2. The fourth-order valence-electron chi connectivity index (χ4n) is 3.30. The maximum absolute atomic E-state index is 12.1. The van der Waals surface area contributed by atoms with Crippen LogP contribution in [0.2, 0.25) is 0 Å². The Labute approximate surface area is 144 Å². The Morgan fingerprint density at radius 2 is 1.04 bits per heavy atom. The van der Waals surface area contributed by atoms with Crippen molar-refractivity contribution in [2.24, 2.45) is 0 Å². The Morgan fingerprint density at radius 1 is 0.625 bits per heavy atom. The second-order valence-electron chi connectivity index (χ2n) is 6.86. The highest BCUT2D eigenvalue weighted by Crippen LogP contribution is 2.15. The Hall–Kier alpha value is -1.93. The maximum Gasteiger partial charge on any atom is 0.161 e. The highest BCUT2D eigenvalue weighted by atomic mass is 16.3. The lowest BCUT2D eigenvalue weighted by Gasteiger charge is -2.11. The molecule has 24 heavy (non-hydrogen) atoms. The minimum absolute atomic E-state index is 0.0446. The minimum Gasteiger partial charge on any atom is -0.385 e. The van der Waals surface area contributed by atoms with Gasteiger partial charge in [0, 0.05) is 6.42 Å². The van der Waals surface area contributed by atoms with Crippen molar-refractivity contribution in [2.45, 2.75) is 57.5 Å². The zero-order valence-electron chi connectivity index (χ0n) is 14.2. The molecule has 4 aliphatic carbocycles. The van der Waals surface area contributed by atoms with Gasteiger partial charge in [0.15, 0.2) is 5.78 Å². The van der Waals surface area contributed by atoms with Gasteiger partial charge in [0.2, 0.25) is 0 Å². The molecule has 0 heterocycles. The normalized spacial score (nSPS) is 19.9. The standard InChI is InChI=1S/C22H26O2/c23-21-15-13-19-9-5-17(6-10-19)3-1-2-4-18-7-11-20(12-8-18)14-16-22(21)24/h5-12,21,23H,1-4,13-16H2. The Morgan fingerprint density at radius 3 is 1.54 bits per heavy atom. The number of aliphatic hydroxyl groups is 1. The molecule has 2 aromatic carbocycles. The van der Waals surface area contributed by atoms with E-state index in [1.54, 1.807) is 0 Å². The predicted molar refractivity (Wildman–Crippen MR) is 97.2 cm³/mol. The van der Waals surface area contributed by atoms with E-state index in [1.807, 2.05) is 0 Å². The van der Waals surface area contributed by atoms with Crippen molar-refractivity contribution in [3.05, 3.63) is 70.8 Å². The van der Waals surface area contributed by atoms with Gasteiger partial charge >= 0.3 is 0 Å². The molecular weight excluding hydrogens is 296 g/mol. The highest BCUT2D eigenvalue weighted by molar-refractivity contribution is 5.83. The number of carbonyl (C=O) groups is 1. The van der Waals surface area contributed by atoms with Gasteiger partial charge < -0.3 is 5.11 Å². The molecular formula is C22H26O2. The summed E-state index contributed by atoms with van der Waals surface area (Å²) in [6.45, 7) is 0. The first-order valence-electron chi connectivity index (χ1n) is 9.07. The van der Waals surface area contributed by atoms with Gasteiger partial charge in [-0.15, -0.1) is 0 Å². The van der Waals surface area contributed by atoms with Crippen molar-refractivity contribution < 1.29 is 9.90 Å². The van der Waals surface area contributed by atoms with Crippen LogP contribution in [0, 0.1) is 0 Å². The molecule has 0 aromatic heterocycles. The first-order chi connectivity index (χ1) is 11.7. The van der Waals surface area contributed by atoms with Gasteiger partial charge in [0.05, 0.1) is 0 Å². The molecule has 2 heteroatoms. The van der Waals surface area contributed by atoms with E-state index >= 15 is 0 Å². The molecule has 1 N–H and O–H groups in total. The fraction of sp³-hybridized carbons (Fsp3) is 0.409. The van der Waals surface area contributed by atoms with Crippen molar-refractivity contribution in [1.82, 2.24) is 0 Å². The van der Waals surface area contributed by atoms with Gasteiger partial charge in [-0.25, -0.2) is 0 Å². The fourth-order valence-corrected chi connectivity index (χ4v) is 3.30. The van der Waals surface area contributed by atoms with Gasteiger partial charge in [0.1, 0.15) is 6.10 Å². The summed E-state index contributed by atoms with van der Waals surface area (Å²) in [5, 5.41) is 10.1. The van der Waals surface area contributed by atoms with Gasteiger partial charge in [-0.1, -0.05) is 48.5 Å². The van der Waals surface area contributed by atoms with Gasteiger partial charge in [-0.05, 0) is 67.2 Å². The van der Waals surface area contributed by atoms with E-state index in [0.29, 0.717) is 19.3 Å². The molecule has 4 bridgehead atoms. The van der Waals surface area contributed by atoms with Crippen molar-refractivity contribution in [2.75, 3.05) is 0 Å². The second kappa shape index (κ2) is 8.25. The summed E-state index contributed by atoms with van der Waals surface area (Å²) in [4.78, 5) is 12.1. The largest absolute Gasteiger partial charge is 0.385 e. The molecule has 0 radical (unpaired) electrons. The van der Waals surface area contributed by atoms with E-state index in [4.69, 9.17) is 0 Å². The van der Waals surface area contributed by atoms with Gasteiger partial charge in [0.25, 0.3) is 0 Å². The molecule has 0 saturated heterocycles. The number of ketones is 1. The quantitative estimate of drug-likeness (QED) is 0.794. The smallest absolute Gasteiger partial charge is 0.161 e. The number of aliphatic hydroxyl groups excluding tert-OH is 1. The SMILES string of the molecule is O=C1CCc2ccc(cc2)CCCCc2ccc(cc2)CCC1O. The van der Waals surface area contributed by atoms with E-state index in [-0.39, 0.29) is 5.78 Å². The van der Waals surface area contributed by atoms with E-state index in [0.717, 1.165) is 19.3 Å². The molecule has 6 rings (SSSR count). The Balaban J connectivity index is 1.72. The number of Topliss-reactive ketones (excluding diaryl/α,β-unsaturated/α-hetero) is 1. The van der Waals surface area contributed by atoms with Crippen LogP contribution < -0.4 is 0 Å². The van der Waals surface area contributed by atoms with Crippen LogP contribution in [0.5, 0.6) is 0 Å². The summed E-state index contributed by atoms with van der Waals surface area (Å²) in [5.41, 5.74) is 5.10. The molecule has 2 aromatic rings. The van der Waals surface area contributed by atoms with E-state index < -0.39 is 6.10 Å². The van der Waals surface area contributed by atoms with Gasteiger partial charge in [-0.3, -0.25) is 4.79 Å². The Bertz CT molecular complexity index is 655. The van der Waals surface area contributed by atoms with E-state index in [9.17, 15) is 9.90 Å². The first kappa shape index (κ1) is 16.9. The number of benzene rings is 2. The summed E-state index contributed by atoms with van der Waals surface area (Å²) in [6, 6.07) is 17.2. The third-order valence-corrected chi connectivity index (χ3v) is 4.97. The lowest BCUT2D eigenvalue weighted by Crippen LogP contribution is -2.21. The highest BCUT2D eigenvalue weighted by Gasteiger charge is 2.15. The second-order valence-corrected chi connectivity index (χ2v) is 6.86. The van der Waals surface area contributed by atoms with Gasteiger partial charge in [-0.2, -0.15) is 0 Å². The number of aryl methyl sites for hydroxylation is 4. The number of rotatable bonds is 0. The van der Waals surface area contributed by atoms with Crippen LogP contribution in [0.1, 0.15) is 47.9 Å². The van der Waals surface area contributed by atoms with Crippen LogP contribution in [-0.4, -0.2) is 17.0 Å². The van der Waals surface area contributed by atoms with Crippen LogP contribution in [0.3, 0.4) is 0 Å². The first-order valence-corrected chi connectivity index (χ1v) is 9.07. The number of hydrogen-bond donors (Lipinski definition) is 1. The summed E-state index contributed by atoms with van der Waals surface area (Å²) in [6.07, 6.45) is 6.17. The van der Waals surface area contributed by atoms with Crippen LogP contribution >= 0.6 is 0 Å². The molecule has 0 amide bonds. The van der Waals surface area contributed by atoms with Crippen molar-refractivity contribution in [3.8, 4) is 0 Å². The lowest BCUT2D eigenvalue weighted by molar-refractivity contribution is -0.127. The topological polar surface area (TPSA) is 37.3 Å². The summed E-state index contributed by atoms with van der Waals surface area (Å²) in [5.74, 6) is -0.0446. The molecule has 0 fully saturated rings. The molecule has 0 aliphatic heterocycles. The van der Waals surface area contributed by atoms with Crippen molar-refractivity contribution in [3.63, 3.8) is 0 Å². The molecule has 0 saturated carbocycles. The summed E-state index contributed by atoms with van der Waals surface area (Å²) >= 11 is 0. The lowest BCUT2D eigenvalue weighted by atomic mass is 9.97.